The normalized spacial score (nSPS) is 15.8. The van der Waals surface area contributed by atoms with E-state index < -0.39 is 0 Å². The van der Waals surface area contributed by atoms with Gasteiger partial charge in [0.25, 0.3) is 0 Å². The van der Waals surface area contributed by atoms with Gasteiger partial charge in [-0.3, -0.25) is 15.0 Å². The molecule has 102 valence electrons. The van der Waals surface area contributed by atoms with Gasteiger partial charge in [0.05, 0.1) is 6.54 Å². The van der Waals surface area contributed by atoms with Gasteiger partial charge in [0.15, 0.2) is 0 Å². The Hall–Kier alpha value is -1.84. The second-order valence-corrected chi connectivity index (χ2v) is 4.99. The van der Waals surface area contributed by atoms with E-state index in [1.54, 1.807) is 0 Å². The van der Waals surface area contributed by atoms with E-state index >= 15 is 0 Å². The van der Waals surface area contributed by atoms with Gasteiger partial charge in [0.2, 0.25) is 12.3 Å². The molecule has 2 rings (SSSR count). The van der Waals surface area contributed by atoms with Gasteiger partial charge in [-0.05, 0) is 18.4 Å². The summed E-state index contributed by atoms with van der Waals surface area (Å²) in [5, 5.41) is 1.44. The molecule has 1 aliphatic rings. The largest absolute Gasteiger partial charge is 0.277 e. The van der Waals surface area contributed by atoms with Gasteiger partial charge in [-0.2, -0.15) is 0 Å². The van der Waals surface area contributed by atoms with Crippen LogP contribution in [0.5, 0.6) is 0 Å². The summed E-state index contributed by atoms with van der Waals surface area (Å²) in [7, 11) is 0. The zero-order valence-electron chi connectivity index (χ0n) is 11.0. The molecule has 1 N–H and O–H groups in total. The number of rotatable bonds is 5. The van der Waals surface area contributed by atoms with Gasteiger partial charge in [0, 0.05) is 5.92 Å². The maximum atomic E-state index is 12.4. The summed E-state index contributed by atoms with van der Waals surface area (Å²) >= 11 is 0. The molecule has 1 aliphatic carbocycles. The molecule has 4 heteroatoms. The molecule has 0 saturated heterocycles. The number of carbonyl (C=O) groups excluding carboxylic acids is 2. The van der Waals surface area contributed by atoms with Gasteiger partial charge in [-0.15, -0.1) is 0 Å². The second kappa shape index (κ2) is 6.92. The van der Waals surface area contributed by atoms with Gasteiger partial charge in [0.1, 0.15) is 0 Å². The highest BCUT2D eigenvalue weighted by Crippen LogP contribution is 2.25. The van der Waals surface area contributed by atoms with Crippen LogP contribution in [0.25, 0.3) is 0 Å². The number of hydrogen-bond donors (Lipinski definition) is 1. The fraction of sp³-hybridized carbons (Fsp3) is 0.467. The minimum Gasteiger partial charge on any atom is -0.277 e. The van der Waals surface area contributed by atoms with E-state index in [0.29, 0.717) is 13.0 Å². The number of nitrogens with zero attached hydrogens (tertiary/aromatic N) is 1. The summed E-state index contributed by atoms with van der Waals surface area (Å²) in [4.78, 5) is 23.1. The molecule has 1 aromatic carbocycles. The van der Waals surface area contributed by atoms with Crippen LogP contribution in [-0.2, 0) is 16.1 Å². The summed E-state index contributed by atoms with van der Waals surface area (Å²) in [5.74, 6) is 0.0977. The molecule has 1 fully saturated rings. The van der Waals surface area contributed by atoms with Crippen LogP contribution in [0.4, 0.5) is 0 Å². The third-order valence-corrected chi connectivity index (χ3v) is 3.61. The summed E-state index contributed by atoms with van der Waals surface area (Å²) in [6, 6.07) is 9.70. The highest BCUT2D eigenvalue weighted by Gasteiger charge is 2.25. The molecule has 0 heterocycles. The quantitative estimate of drug-likeness (QED) is 0.652. The number of nitrogens with one attached hydrogen (secondary N) is 1. The van der Waals surface area contributed by atoms with Gasteiger partial charge in [-0.25, -0.2) is 5.01 Å². The zero-order chi connectivity index (χ0) is 13.5. The lowest BCUT2D eigenvalue weighted by molar-refractivity contribution is -0.143. The third-order valence-electron chi connectivity index (χ3n) is 3.61. The topological polar surface area (TPSA) is 49.4 Å². The first-order chi connectivity index (χ1) is 9.31. The van der Waals surface area contributed by atoms with E-state index in [9.17, 15) is 9.59 Å². The number of benzene rings is 1. The van der Waals surface area contributed by atoms with E-state index in [4.69, 9.17) is 0 Å². The predicted octanol–water partition coefficient (Wildman–Crippen LogP) is 2.26. The van der Waals surface area contributed by atoms with Crippen LogP contribution in [0.15, 0.2) is 30.3 Å². The maximum absolute atomic E-state index is 12.4. The fourth-order valence-corrected chi connectivity index (χ4v) is 2.59. The Bertz CT molecular complexity index is 413. The van der Waals surface area contributed by atoms with Crippen molar-refractivity contribution in [3.05, 3.63) is 35.9 Å². The van der Waals surface area contributed by atoms with Crippen LogP contribution >= 0.6 is 0 Å². The zero-order valence-corrected chi connectivity index (χ0v) is 11.0. The van der Waals surface area contributed by atoms with Crippen molar-refractivity contribution in [3.8, 4) is 0 Å². The van der Waals surface area contributed by atoms with Crippen molar-refractivity contribution < 1.29 is 9.59 Å². The van der Waals surface area contributed by atoms with Crippen molar-refractivity contribution in [2.45, 2.75) is 38.6 Å². The van der Waals surface area contributed by atoms with Crippen molar-refractivity contribution in [1.29, 1.82) is 0 Å². The smallest absolute Gasteiger partial charge is 0.244 e. The second-order valence-electron chi connectivity index (χ2n) is 4.99. The Labute approximate surface area is 113 Å². The number of amides is 2. The monoisotopic (exact) mass is 260 g/mol. The van der Waals surface area contributed by atoms with Crippen molar-refractivity contribution in [2.75, 3.05) is 0 Å². The molecule has 0 radical (unpaired) electrons. The first-order valence-corrected chi connectivity index (χ1v) is 6.86. The van der Waals surface area contributed by atoms with Crippen LogP contribution in [-0.4, -0.2) is 17.3 Å². The average molecular weight is 260 g/mol. The lowest BCUT2D eigenvalue weighted by Crippen LogP contribution is -2.45. The van der Waals surface area contributed by atoms with Gasteiger partial charge in [-0.1, -0.05) is 49.6 Å². The van der Waals surface area contributed by atoms with E-state index in [1.807, 2.05) is 30.3 Å². The fourth-order valence-electron chi connectivity index (χ4n) is 2.59. The molecular weight excluding hydrogens is 240 g/mol. The minimum absolute atomic E-state index is 0.0376. The Kier molecular flexibility index (Phi) is 4.95. The Balaban J connectivity index is 2.02. The highest BCUT2D eigenvalue weighted by molar-refractivity contribution is 5.79. The summed E-state index contributed by atoms with van der Waals surface area (Å²) in [6.07, 6.45) is 5.87. The SMILES string of the molecule is O=CNN(Cc1ccccc1)C(=O)C1CCCCC1. The van der Waals surface area contributed by atoms with Crippen molar-refractivity contribution in [1.82, 2.24) is 10.4 Å². The standard InChI is InChI=1S/C15H20N2O2/c18-12-16-17(11-13-7-3-1-4-8-13)15(19)14-9-5-2-6-10-14/h1,3-4,7-8,12,14H,2,5-6,9-11H2,(H,16,18). The van der Waals surface area contributed by atoms with E-state index in [-0.39, 0.29) is 11.8 Å². The van der Waals surface area contributed by atoms with E-state index in [1.165, 1.54) is 11.4 Å². The van der Waals surface area contributed by atoms with E-state index in [0.717, 1.165) is 31.2 Å². The summed E-state index contributed by atoms with van der Waals surface area (Å²) in [6.45, 7) is 0.426. The lowest BCUT2D eigenvalue weighted by atomic mass is 9.88. The predicted molar refractivity (Wildman–Crippen MR) is 72.8 cm³/mol. The van der Waals surface area contributed by atoms with Gasteiger partial charge >= 0.3 is 0 Å². The molecule has 0 bridgehead atoms. The van der Waals surface area contributed by atoms with Crippen molar-refractivity contribution in [2.24, 2.45) is 5.92 Å². The maximum Gasteiger partial charge on any atom is 0.244 e. The number of hydrogen-bond acceptors (Lipinski definition) is 2. The molecule has 0 aliphatic heterocycles. The van der Waals surface area contributed by atoms with Crippen molar-refractivity contribution in [3.63, 3.8) is 0 Å². The summed E-state index contributed by atoms with van der Waals surface area (Å²) < 4.78 is 0. The van der Waals surface area contributed by atoms with Crippen LogP contribution in [0, 0.1) is 5.92 Å². The number of hydrazine groups is 1. The average Bonchev–Trinajstić information content (AvgIpc) is 2.48. The molecular formula is C15H20N2O2. The molecule has 0 unspecified atom stereocenters. The Morgan fingerprint density at radius 2 is 1.89 bits per heavy atom. The van der Waals surface area contributed by atoms with Crippen LogP contribution in [0.2, 0.25) is 0 Å². The van der Waals surface area contributed by atoms with E-state index in [2.05, 4.69) is 5.43 Å². The van der Waals surface area contributed by atoms with Crippen LogP contribution in [0.3, 0.4) is 0 Å². The highest BCUT2D eigenvalue weighted by atomic mass is 16.2. The first-order valence-electron chi connectivity index (χ1n) is 6.86. The van der Waals surface area contributed by atoms with Crippen LogP contribution < -0.4 is 5.43 Å². The summed E-state index contributed by atoms with van der Waals surface area (Å²) in [5.41, 5.74) is 3.55. The molecule has 2 amide bonds. The Morgan fingerprint density at radius 3 is 2.53 bits per heavy atom. The lowest BCUT2D eigenvalue weighted by Gasteiger charge is -2.28. The molecule has 0 spiro atoms. The minimum atomic E-state index is 0.0376. The molecule has 0 aromatic heterocycles. The first kappa shape index (κ1) is 13.6. The molecule has 0 atom stereocenters. The number of carbonyl (C=O) groups is 2. The molecule has 1 saturated carbocycles. The molecule has 1 aromatic rings. The third kappa shape index (κ3) is 3.81. The van der Waals surface area contributed by atoms with Crippen molar-refractivity contribution >= 4 is 12.3 Å². The Morgan fingerprint density at radius 1 is 1.21 bits per heavy atom. The van der Waals surface area contributed by atoms with Gasteiger partial charge < -0.3 is 0 Å². The molecule has 4 nitrogen and oxygen atoms in total. The van der Waals surface area contributed by atoms with Crippen LogP contribution in [0.1, 0.15) is 37.7 Å². The molecule has 19 heavy (non-hydrogen) atoms.